The van der Waals surface area contributed by atoms with E-state index in [0.29, 0.717) is 22.7 Å². The number of carbonyl (C=O) groups is 4. The molecule has 0 bridgehead atoms. The lowest BCUT2D eigenvalue weighted by atomic mass is 10.1. The number of hydrogen-bond acceptors (Lipinski definition) is 13. The lowest BCUT2D eigenvalue weighted by Gasteiger charge is -2.17. The van der Waals surface area contributed by atoms with Crippen LogP contribution in [0.5, 0.6) is 0 Å². The van der Waals surface area contributed by atoms with Gasteiger partial charge in [0.15, 0.2) is 10.1 Å². The summed E-state index contributed by atoms with van der Waals surface area (Å²) >= 11 is 1.66. The first-order valence-electron chi connectivity index (χ1n) is 16.7. The van der Waals surface area contributed by atoms with Gasteiger partial charge < -0.3 is 0 Å². The zero-order valence-electron chi connectivity index (χ0n) is 28.9. The molecular weight excluding hydrogens is 747 g/mol. The highest BCUT2D eigenvalue weighted by molar-refractivity contribution is 8.20. The van der Waals surface area contributed by atoms with E-state index < -0.39 is 34.5 Å². The summed E-state index contributed by atoms with van der Waals surface area (Å²) in [5.41, 5.74) is 6.25. The number of nitrogens with one attached hydrogen (secondary N) is 2. The van der Waals surface area contributed by atoms with Gasteiger partial charge in [-0.15, -0.1) is 0 Å². The minimum Gasteiger partial charge on any atom is -0.286 e. The number of nitriles is 2. The fraction of sp³-hybridized carbons (Fsp3) is 0. The van der Waals surface area contributed by atoms with E-state index >= 15 is 0 Å². The van der Waals surface area contributed by atoms with Gasteiger partial charge in [-0.25, -0.2) is 4.98 Å². The van der Waals surface area contributed by atoms with Gasteiger partial charge in [0.05, 0.1) is 11.4 Å². The predicted octanol–water partition coefficient (Wildman–Crippen LogP) is 7.33. The van der Waals surface area contributed by atoms with Crippen LogP contribution in [-0.2, 0) is 9.59 Å². The molecule has 13 nitrogen and oxygen atoms in total. The largest absolute Gasteiger partial charge is 0.290 e. The summed E-state index contributed by atoms with van der Waals surface area (Å²) < 4.78 is 0. The number of ketones is 2. The van der Waals surface area contributed by atoms with E-state index in [2.05, 4.69) is 26.0 Å². The number of nitrogens with zero attached hydrogens (tertiary/aromatic N) is 7. The zero-order valence-corrected chi connectivity index (χ0v) is 30.5. The van der Waals surface area contributed by atoms with Gasteiger partial charge in [0, 0.05) is 11.4 Å². The summed E-state index contributed by atoms with van der Waals surface area (Å²) in [6.45, 7) is 0. The Kier molecular flexibility index (Phi) is 10.9. The maximum Gasteiger partial charge on any atom is 0.290 e. The Hall–Kier alpha value is -7.59. The van der Waals surface area contributed by atoms with E-state index in [9.17, 15) is 29.7 Å². The second-order valence-corrected chi connectivity index (χ2v) is 13.6. The maximum absolute atomic E-state index is 14.1. The van der Waals surface area contributed by atoms with Crippen LogP contribution < -0.4 is 20.7 Å². The minimum atomic E-state index is -0.875. The van der Waals surface area contributed by atoms with E-state index in [1.165, 1.54) is 28.0 Å². The number of allylic oxidation sites excluding steroid dienone is 2. The average Bonchev–Trinajstić information content (AvgIpc) is 3.75. The van der Waals surface area contributed by atoms with Crippen LogP contribution in [0.2, 0.25) is 0 Å². The number of para-hydroxylation sites is 4. The number of amides is 2. The summed E-state index contributed by atoms with van der Waals surface area (Å²) in [6, 6.07) is 42.7. The number of aromatic nitrogens is 1. The fourth-order valence-electron chi connectivity index (χ4n) is 5.42. The van der Waals surface area contributed by atoms with Crippen molar-refractivity contribution in [2.75, 3.05) is 20.7 Å². The lowest BCUT2D eigenvalue weighted by Crippen LogP contribution is -2.28. The van der Waals surface area contributed by atoms with Crippen LogP contribution in [0.1, 0.15) is 21.0 Å². The third kappa shape index (κ3) is 7.57. The molecule has 15 heteroatoms. The Morgan fingerprint density at radius 3 is 1.25 bits per heavy atom. The van der Waals surface area contributed by atoms with E-state index in [0.717, 1.165) is 23.5 Å². The SMILES string of the molecule is N#C/C(C(=O)c1cccc(C(=O)/C(C#N)=C2/S/C(=N\Nc3ccccc3)C(=O)N2c2ccccc2)n1)=C1\S/C(=N\Nc2ccccc2)C(=O)N1c1ccccc1. The predicted molar refractivity (Wildman–Crippen MR) is 216 cm³/mol. The van der Waals surface area contributed by atoms with E-state index in [1.807, 2.05) is 24.3 Å². The normalized spacial score (nSPS) is 17.0. The standard InChI is InChI=1S/C41H25N9O4S2/c42-24-30(40-49(28-18-9-3-10-19-28)38(53)36(55-40)47-45-26-14-5-1-6-15-26)34(51)32-22-13-23-33(44-32)35(52)31(25-43)41-50(29-20-11-4-12-21-29)39(54)37(56-41)48-46-27-16-7-2-8-17-27/h1-23,45-46H/b40-30+,41-31+,47-36-,48-37-. The van der Waals surface area contributed by atoms with Gasteiger partial charge in [-0.05, 0) is 84.2 Å². The number of pyridine rings is 1. The third-order valence-corrected chi connectivity index (χ3v) is 10.1. The molecule has 0 spiro atoms. The molecule has 7 rings (SSSR count). The van der Waals surface area contributed by atoms with Gasteiger partial charge in [-0.1, -0.05) is 78.9 Å². The minimum absolute atomic E-state index is 0.00373. The smallest absolute Gasteiger partial charge is 0.286 e. The maximum atomic E-state index is 14.1. The van der Waals surface area contributed by atoms with Crippen LogP contribution in [0, 0.1) is 22.7 Å². The fourth-order valence-corrected chi connectivity index (χ4v) is 7.36. The second-order valence-electron chi connectivity index (χ2n) is 11.6. The number of Topliss-reactive ketones (excluding diaryl/α,β-unsaturated/α-hetero) is 2. The molecule has 2 aliphatic rings. The van der Waals surface area contributed by atoms with Crippen molar-refractivity contribution in [1.29, 1.82) is 10.5 Å². The van der Waals surface area contributed by atoms with Crippen LogP contribution in [0.25, 0.3) is 0 Å². The topological polar surface area (TPSA) is 184 Å². The quantitative estimate of drug-likeness (QED) is 0.0627. The molecule has 2 fully saturated rings. The molecular formula is C41H25N9O4S2. The van der Waals surface area contributed by atoms with Crippen molar-refractivity contribution in [2.45, 2.75) is 0 Å². The van der Waals surface area contributed by atoms with Crippen LogP contribution >= 0.6 is 23.5 Å². The molecule has 3 heterocycles. The Morgan fingerprint density at radius 2 is 0.893 bits per heavy atom. The van der Waals surface area contributed by atoms with Crippen molar-refractivity contribution in [1.82, 2.24) is 4.98 Å². The molecule has 5 aromatic rings. The van der Waals surface area contributed by atoms with Gasteiger partial charge in [0.2, 0.25) is 11.6 Å². The zero-order chi connectivity index (χ0) is 39.0. The van der Waals surface area contributed by atoms with Crippen LogP contribution in [0.15, 0.2) is 171 Å². The van der Waals surface area contributed by atoms with Crippen molar-refractivity contribution in [3.05, 3.63) is 172 Å². The number of thioether (sulfide) groups is 2. The summed E-state index contributed by atoms with van der Waals surface area (Å²) in [6.07, 6.45) is 0. The molecule has 2 N–H and O–H groups in total. The molecule has 0 unspecified atom stereocenters. The summed E-state index contributed by atoms with van der Waals surface area (Å²) in [7, 11) is 0. The molecule has 4 aromatic carbocycles. The van der Waals surface area contributed by atoms with Crippen LogP contribution in [0.4, 0.5) is 22.7 Å². The number of benzene rings is 4. The Bertz CT molecular complexity index is 2410. The van der Waals surface area contributed by atoms with Gasteiger partial charge in [-0.2, -0.15) is 20.7 Å². The van der Waals surface area contributed by atoms with Crippen LogP contribution in [-0.4, -0.2) is 38.5 Å². The molecule has 2 saturated heterocycles. The van der Waals surface area contributed by atoms with E-state index in [4.69, 9.17) is 0 Å². The molecule has 270 valence electrons. The molecule has 2 aliphatic heterocycles. The Labute approximate surface area is 328 Å². The van der Waals surface area contributed by atoms with Gasteiger partial charge in [0.25, 0.3) is 11.8 Å². The van der Waals surface area contributed by atoms with E-state index in [1.54, 1.807) is 109 Å². The second kappa shape index (κ2) is 16.6. The molecule has 0 aliphatic carbocycles. The van der Waals surface area contributed by atoms with E-state index in [-0.39, 0.29) is 31.5 Å². The van der Waals surface area contributed by atoms with Gasteiger partial charge in [0.1, 0.15) is 44.7 Å². The Balaban J connectivity index is 1.24. The van der Waals surface area contributed by atoms with Crippen molar-refractivity contribution in [3.8, 4) is 12.1 Å². The summed E-state index contributed by atoms with van der Waals surface area (Å²) in [4.78, 5) is 62.4. The lowest BCUT2D eigenvalue weighted by molar-refractivity contribution is -0.112. The van der Waals surface area contributed by atoms with Crippen LogP contribution in [0.3, 0.4) is 0 Å². The first-order valence-corrected chi connectivity index (χ1v) is 18.3. The number of anilines is 4. The van der Waals surface area contributed by atoms with Crippen molar-refractivity contribution < 1.29 is 19.2 Å². The average molecular weight is 772 g/mol. The van der Waals surface area contributed by atoms with Crippen molar-refractivity contribution in [3.63, 3.8) is 0 Å². The molecule has 0 radical (unpaired) electrons. The first-order chi connectivity index (χ1) is 27.4. The number of hydrazone groups is 2. The highest BCUT2D eigenvalue weighted by Crippen LogP contribution is 2.40. The molecule has 2 amide bonds. The van der Waals surface area contributed by atoms with Crippen molar-refractivity contribution >= 4 is 79.7 Å². The Morgan fingerprint density at radius 1 is 0.536 bits per heavy atom. The molecule has 0 saturated carbocycles. The molecule has 1 aromatic heterocycles. The first kappa shape index (κ1) is 36.8. The highest BCUT2D eigenvalue weighted by atomic mass is 32.2. The highest BCUT2D eigenvalue weighted by Gasteiger charge is 2.41. The number of carbonyl (C=O) groups excluding carboxylic acids is 4. The molecule has 0 atom stereocenters. The summed E-state index contributed by atoms with van der Waals surface area (Å²) in [5.74, 6) is -2.90. The monoisotopic (exact) mass is 771 g/mol. The summed E-state index contributed by atoms with van der Waals surface area (Å²) in [5, 5.41) is 29.2. The van der Waals surface area contributed by atoms with Gasteiger partial charge in [-0.3, -0.25) is 39.8 Å². The van der Waals surface area contributed by atoms with Gasteiger partial charge >= 0.3 is 0 Å². The van der Waals surface area contributed by atoms with Crippen molar-refractivity contribution in [2.24, 2.45) is 10.2 Å². The number of hydrogen-bond donors (Lipinski definition) is 2. The third-order valence-electron chi connectivity index (χ3n) is 8.03. The number of rotatable bonds is 10. The molecule has 56 heavy (non-hydrogen) atoms.